The Morgan fingerprint density at radius 2 is 1.93 bits per heavy atom. The van der Waals surface area contributed by atoms with Crippen LogP contribution in [0.25, 0.3) is 0 Å². The van der Waals surface area contributed by atoms with Gasteiger partial charge in [0.05, 0.1) is 0 Å². The molecule has 0 saturated heterocycles. The number of hydrogen-bond acceptors (Lipinski definition) is 3. The largest absolute Gasteiger partial charge is 0.480 e. The van der Waals surface area contributed by atoms with Crippen LogP contribution in [0, 0.1) is 0 Å². The van der Waals surface area contributed by atoms with Gasteiger partial charge in [0, 0.05) is 13.3 Å². The van der Waals surface area contributed by atoms with Crippen LogP contribution in [-0.2, 0) is 14.4 Å². The lowest BCUT2D eigenvalue weighted by Crippen LogP contribution is -2.51. The van der Waals surface area contributed by atoms with Gasteiger partial charge in [-0.2, -0.15) is 0 Å². The van der Waals surface area contributed by atoms with E-state index < -0.39 is 23.3 Å². The zero-order valence-electron chi connectivity index (χ0n) is 8.16. The number of primary amides is 1. The monoisotopic (exact) mass is 202 g/mol. The van der Waals surface area contributed by atoms with E-state index in [0.29, 0.717) is 0 Å². The number of aliphatic carboxylic acids is 1. The molecule has 0 unspecified atom stereocenters. The Balaban J connectivity index is 4.47. The molecule has 0 aromatic heterocycles. The van der Waals surface area contributed by atoms with Gasteiger partial charge in [0.15, 0.2) is 0 Å². The normalized spacial score (nSPS) is 14.1. The molecular weight excluding hydrogens is 188 g/mol. The lowest BCUT2D eigenvalue weighted by molar-refractivity contribution is -0.147. The van der Waals surface area contributed by atoms with E-state index >= 15 is 0 Å². The van der Waals surface area contributed by atoms with E-state index in [2.05, 4.69) is 5.32 Å². The predicted molar refractivity (Wildman–Crippen MR) is 48.3 cm³/mol. The Kier molecular flexibility index (Phi) is 4.07. The summed E-state index contributed by atoms with van der Waals surface area (Å²) >= 11 is 0. The summed E-state index contributed by atoms with van der Waals surface area (Å²) in [5, 5.41) is 11.1. The Labute approximate surface area is 81.5 Å². The van der Waals surface area contributed by atoms with Crippen LogP contribution < -0.4 is 11.1 Å². The van der Waals surface area contributed by atoms with Crippen molar-refractivity contribution in [3.8, 4) is 0 Å². The van der Waals surface area contributed by atoms with Crippen molar-refractivity contribution in [2.75, 3.05) is 0 Å². The molecule has 0 radical (unpaired) electrons. The summed E-state index contributed by atoms with van der Waals surface area (Å²) in [6.07, 6.45) is -0.0969. The van der Waals surface area contributed by atoms with Crippen molar-refractivity contribution in [3.63, 3.8) is 0 Å². The van der Waals surface area contributed by atoms with E-state index in [-0.39, 0.29) is 12.8 Å². The summed E-state index contributed by atoms with van der Waals surface area (Å²) in [5.74, 6) is -2.24. The summed E-state index contributed by atoms with van der Waals surface area (Å²) in [6.45, 7) is 2.55. The van der Waals surface area contributed by atoms with Gasteiger partial charge >= 0.3 is 5.97 Å². The number of nitrogens with one attached hydrogen (secondary N) is 1. The van der Waals surface area contributed by atoms with Gasteiger partial charge in [0.25, 0.3) is 0 Å². The van der Waals surface area contributed by atoms with Crippen LogP contribution in [0.4, 0.5) is 0 Å². The van der Waals surface area contributed by atoms with Crippen LogP contribution in [0.5, 0.6) is 0 Å². The number of carboxylic acids is 1. The van der Waals surface area contributed by atoms with Crippen molar-refractivity contribution in [1.29, 1.82) is 0 Å². The van der Waals surface area contributed by atoms with Gasteiger partial charge in [0.1, 0.15) is 5.54 Å². The standard InChI is InChI=1S/C8H14N2O4/c1-5(11)10-8(2,7(13)14)4-3-6(9)12/h3-4H2,1-2H3,(H2,9,12)(H,10,11)(H,13,14)/t8-/m1/s1. The molecule has 0 aromatic carbocycles. The first-order valence-corrected chi connectivity index (χ1v) is 4.08. The molecule has 0 aliphatic heterocycles. The minimum absolute atomic E-state index is 0.0166. The summed E-state index contributed by atoms with van der Waals surface area (Å²) in [4.78, 5) is 32.0. The fraction of sp³-hybridized carbons (Fsp3) is 0.625. The molecule has 0 heterocycles. The molecule has 4 N–H and O–H groups in total. The van der Waals surface area contributed by atoms with Crippen LogP contribution >= 0.6 is 0 Å². The second kappa shape index (κ2) is 4.59. The van der Waals surface area contributed by atoms with Crippen molar-refractivity contribution >= 4 is 17.8 Å². The Bertz CT molecular complexity index is 264. The third-order valence-electron chi connectivity index (χ3n) is 1.80. The zero-order valence-corrected chi connectivity index (χ0v) is 8.16. The number of carboxylic acid groups (broad SMARTS) is 1. The number of carbonyl (C=O) groups is 3. The maximum absolute atomic E-state index is 10.8. The molecule has 80 valence electrons. The molecule has 6 heteroatoms. The van der Waals surface area contributed by atoms with Crippen LogP contribution in [0.15, 0.2) is 0 Å². The first-order chi connectivity index (χ1) is 6.28. The van der Waals surface area contributed by atoms with Crippen LogP contribution in [0.3, 0.4) is 0 Å². The van der Waals surface area contributed by atoms with Crippen molar-refractivity contribution in [2.24, 2.45) is 5.73 Å². The van der Waals surface area contributed by atoms with Gasteiger partial charge in [-0.15, -0.1) is 0 Å². The highest BCUT2D eigenvalue weighted by Crippen LogP contribution is 2.12. The average molecular weight is 202 g/mol. The molecule has 0 bridgehead atoms. The minimum Gasteiger partial charge on any atom is -0.480 e. The molecule has 1 atom stereocenters. The highest BCUT2D eigenvalue weighted by molar-refractivity contribution is 5.86. The fourth-order valence-corrected chi connectivity index (χ4v) is 0.985. The second-order valence-electron chi connectivity index (χ2n) is 3.28. The third-order valence-corrected chi connectivity index (χ3v) is 1.80. The highest BCUT2D eigenvalue weighted by Gasteiger charge is 2.33. The molecule has 0 aliphatic rings. The maximum atomic E-state index is 10.8. The number of carbonyl (C=O) groups excluding carboxylic acids is 2. The fourth-order valence-electron chi connectivity index (χ4n) is 0.985. The van der Waals surface area contributed by atoms with Gasteiger partial charge in [-0.05, 0) is 13.3 Å². The molecule has 14 heavy (non-hydrogen) atoms. The highest BCUT2D eigenvalue weighted by atomic mass is 16.4. The van der Waals surface area contributed by atoms with Gasteiger partial charge < -0.3 is 16.2 Å². The van der Waals surface area contributed by atoms with E-state index in [0.717, 1.165) is 0 Å². The van der Waals surface area contributed by atoms with E-state index in [4.69, 9.17) is 10.8 Å². The van der Waals surface area contributed by atoms with Crippen molar-refractivity contribution in [2.45, 2.75) is 32.2 Å². The van der Waals surface area contributed by atoms with E-state index in [1.165, 1.54) is 13.8 Å². The van der Waals surface area contributed by atoms with Gasteiger partial charge in [0.2, 0.25) is 11.8 Å². The topological polar surface area (TPSA) is 109 Å². The lowest BCUT2D eigenvalue weighted by Gasteiger charge is -2.24. The summed E-state index contributed by atoms with van der Waals surface area (Å²) in [5.41, 5.74) is 3.46. The minimum atomic E-state index is -1.43. The quantitative estimate of drug-likeness (QED) is 0.543. The number of nitrogens with two attached hydrogens (primary N) is 1. The molecule has 0 rings (SSSR count). The smallest absolute Gasteiger partial charge is 0.329 e. The van der Waals surface area contributed by atoms with E-state index in [1.807, 2.05) is 0 Å². The third kappa shape index (κ3) is 3.88. The second-order valence-corrected chi connectivity index (χ2v) is 3.28. The lowest BCUT2D eigenvalue weighted by atomic mass is 9.95. The van der Waals surface area contributed by atoms with Gasteiger partial charge in [-0.1, -0.05) is 0 Å². The van der Waals surface area contributed by atoms with Gasteiger partial charge in [-0.25, -0.2) is 4.79 Å². The summed E-state index contributed by atoms with van der Waals surface area (Å²) < 4.78 is 0. The molecule has 0 aromatic rings. The van der Waals surface area contributed by atoms with E-state index in [9.17, 15) is 14.4 Å². The SMILES string of the molecule is CC(=O)N[C@](C)(CCC(N)=O)C(=O)O. The molecule has 0 aliphatic carbocycles. The molecule has 2 amide bonds. The number of amides is 2. The average Bonchev–Trinajstić information content (AvgIpc) is 1.99. The van der Waals surface area contributed by atoms with Crippen molar-refractivity contribution in [3.05, 3.63) is 0 Å². The van der Waals surface area contributed by atoms with Crippen molar-refractivity contribution in [1.82, 2.24) is 5.32 Å². The van der Waals surface area contributed by atoms with Crippen LogP contribution in [0.2, 0.25) is 0 Å². The molecule has 0 saturated carbocycles. The Hall–Kier alpha value is -1.59. The Morgan fingerprint density at radius 1 is 1.43 bits per heavy atom. The number of rotatable bonds is 5. The molecular formula is C8H14N2O4. The first-order valence-electron chi connectivity index (χ1n) is 4.08. The zero-order chi connectivity index (χ0) is 11.4. The molecule has 0 spiro atoms. The van der Waals surface area contributed by atoms with Crippen LogP contribution in [0.1, 0.15) is 26.7 Å². The maximum Gasteiger partial charge on any atom is 0.329 e. The van der Waals surface area contributed by atoms with Gasteiger partial charge in [-0.3, -0.25) is 9.59 Å². The van der Waals surface area contributed by atoms with Crippen LogP contribution in [-0.4, -0.2) is 28.4 Å². The summed E-state index contributed by atoms with van der Waals surface area (Å²) in [6, 6.07) is 0. The Morgan fingerprint density at radius 3 is 2.21 bits per heavy atom. The van der Waals surface area contributed by atoms with Crippen molar-refractivity contribution < 1.29 is 19.5 Å². The predicted octanol–water partition coefficient (Wildman–Crippen LogP) is -0.769. The van der Waals surface area contributed by atoms with E-state index in [1.54, 1.807) is 0 Å². The molecule has 6 nitrogen and oxygen atoms in total. The summed E-state index contributed by atoms with van der Waals surface area (Å²) in [7, 11) is 0. The first kappa shape index (κ1) is 12.4. The molecule has 0 fully saturated rings. The number of hydrogen-bond donors (Lipinski definition) is 3.